The van der Waals surface area contributed by atoms with Crippen LogP contribution in [0.2, 0.25) is 0 Å². The van der Waals surface area contributed by atoms with Gasteiger partial charge in [-0.05, 0) is 49.2 Å². The molecule has 0 amide bonds. The van der Waals surface area contributed by atoms with E-state index < -0.39 is 10.0 Å². The van der Waals surface area contributed by atoms with Crippen molar-refractivity contribution in [3.05, 3.63) is 59.4 Å². The zero-order chi connectivity index (χ0) is 24.0. The predicted molar refractivity (Wildman–Crippen MR) is 125 cm³/mol. The van der Waals surface area contributed by atoms with E-state index in [1.807, 2.05) is 23.7 Å². The molecular formula is C24H28N4O4S. The molecule has 0 fully saturated rings. The fraction of sp³-hybridized carbons (Fsp3) is 0.375. The summed E-state index contributed by atoms with van der Waals surface area (Å²) in [4.78, 5) is 16.4. The van der Waals surface area contributed by atoms with Crippen LogP contribution in [0.1, 0.15) is 43.6 Å². The van der Waals surface area contributed by atoms with Gasteiger partial charge in [-0.25, -0.2) is 13.4 Å². The van der Waals surface area contributed by atoms with Crippen molar-refractivity contribution in [2.24, 2.45) is 7.05 Å². The molecule has 1 heterocycles. The number of esters is 1. The molecule has 0 saturated heterocycles. The first-order valence-electron chi connectivity index (χ1n) is 10.9. The summed E-state index contributed by atoms with van der Waals surface area (Å²) in [5, 5.41) is 8.96. The van der Waals surface area contributed by atoms with Crippen molar-refractivity contribution in [3.8, 4) is 6.07 Å². The van der Waals surface area contributed by atoms with Crippen LogP contribution < -0.4 is 0 Å². The monoisotopic (exact) mass is 468 g/mol. The average Bonchev–Trinajstić information content (AvgIpc) is 3.11. The Kier molecular flexibility index (Phi) is 7.84. The first-order valence-corrected chi connectivity index (χ1v) is 12.3. The van der Waals surface area contributed by atoms with Crippen molar-refractivity contribution in [2.45, 2.75) is 38.0 Å². The summed E-state index contributed by atoms with van der Waals surface area (Å²) in [7, 11) is -1.82. The Hall–Kier alpha value is -3.22. The third kappa shape index (κ3) is 5.59. The number of hydrogen-bond acceptors (Lipinski definition) is 6. The van der Waals surface area contributed by atoms with Gasteiger partial charge in [0.1, 0.15) is 5.82 Å². The Balaban J connectivity index is 1.81. The van der Waals surface area contributed by atoms with Gasteiger partial charge >= 0.3 is 5.97 Å². The summed E-state index contributed by atoms with van der Waals surface area (Å²) in [6.07, 6.45) is 1.14. The first-order chi connectivity index (χ1) is 15.8. The molecule has 9 heteroatoms. The topological polar surface area (TPSA) is 105 Å². The maximum atomic E-state index is 13.2. The molecule has 8 nitrogen and oxygen atoms in total. The van der Waals surface area contributed by atoms with E-state index in [9.17, 15) is 13.2 Å². The molecule has 0 spiro atoms. The molecule has 3 rings (SSSR count). The molecule has 0 unspecified atom stereocenters. The Bertz CT molecular complexity index is 1270. The number of sulfonamides is 1. The highest BCUT2D eigenvalue weighted by Gasteiger charge is 2.24. The van der Waals surface area contributed by atoms with Gasteiger partial charge in [0, 0.05) is 33.0 Å². The largest absolute Gasteiger partial charge is 0.466 e. The van der Waals surface area contributed by atoms with Crippen LogP contribution in [0.5, 0.6) is 0 Å². The molecule has 0 N–H and O–H groups in total. The number of rotatable bonds is 10. The van der Waals surface area contributed by atoms with Crippen molar-refractivity contribution >= 4 is 27.0 Å². The molecular weight excluding hydrogens is 440 g/mol. The number of hydrogen-bond donors (Lipinski definition) is 0. The van der Waals surface area contributed by atoms with Crippen LogP contribution in [0.4, 0.5) is 0 Å². The maximum Gasteiger partial charge on any atom is 0.305 e. The van der Waals surface area contributed by atoms with Gasteiger partial charge in [-0.1, -0.05) is 19.1 Å². The second-order valence-electron chi connectivity index (χ2n) is 7.63. The number of nitriles is 1. The minimum absolute atomic E-state index is 0.177. The molecule has 0 radical (unpaired) electrons. The fourth-order valence-electron chi connectivity index (χ4n) is 3.66. The lowest BCUT2D eigenvalue weighted by Crippen LogP contribution is -2.32. The Morgan fingerprint density at radius 3 is 2.55 bits per heavy atom. The van der Waals surface area contributed by atoms with Gasteiger partial charge < -0.3 is 9.30 Å². The van der Waals surface area contributed by atoms with Crippen molar-refractivity contribution in [1.82, 2.24) is 13.9 Å². The molecule has 0 aliphatic carbocycles. The molecule has 0 aliphatic rings. The van der Waals surface area contributed by atoms with Crippen LogP contribution in [-0.2, 0) is 33.0 Å². The molecule has 1 aromatic heterocycles. The van der Waals surface area contributed by atoms with Crippen LogP contribution in [0.3, 0.4) is 0 Å². The highest BCUT2D eigenvalue weighted by molar-refractivity contribution is 7.89. The van der Waals surface area contributed by atoms with Crippen molar-refractivity contribution < 1.29 is 17.9 Å². The number of aryl methyl sites for hydroxylation is 1. The standard InChI is InChI=1S/C24H28N4O4S/c1-4-28(14-6-7-24(29)32-5-2)33(30,31)20-12-13-22-21(16-20)26-23(27(22)3)15-18-8-10-19(17-25)11-9-18/h8-13,16H,4-7,14-15H2,1-3H3. The van der Waals surface area contributed by atoms with Gasteiger partial charge in [0.15, 0.2) is 0 Å². The Labute approximate surface area is 194 Å². The van der Waals surface area contributed by atoms with Crippen LogP contribution in [0, 0.1) is 11.3 Å². The average molecular weight is 469 g/mol. The molecule has 3 aromatic rings. The number of benzene rings is 2. The van der Waals surface area contributed by atoms with Crippen molar-refractivity contribution in [2.75, 3.05) is 19.7 Å². The van der Waals surface area contributed by atoms with E-state index in [-0.39, 0.29) is 23.8 Å². The first kappa shape index (κ1) is 24.4. The predicted octanol–water partition coefficient (Wildman–Crippen LogP) is 3.39. The van der Waals surface area contributed by atoms with Gasteiger partial charge in [0.2, 0.25) is 10.0 Å². The third-order valence-corrected chi connectivity index (χ3v) is 7.44. The summed E-state index contributed by atoms with van der Waals surface area (Å²) >= 11 is 0. The van der Waals surface area contributed by atoms with Gasteiger partial charge in [-0.3, -0.25) is 4.79 Å². The van der Waals surface area contributed by atoms with Crippen LogP contribution in [0.15, 0.2) is 47.4 Å². The van der Waals surface area contributed by atoms with Crippen LogP contribution in [0.25, 0.3) is 11.0 Å². The highest BCUT2D eigenvalue weighted by Crippen LogP contribution is 2.24. The Morgan fingerprint density at radius 2 is 1.91 bits per heavy atom. The van der Waals surface area contributed by atoms with Gasteiger partial charge in [0.25, 0.3) is 0 Å². The minimum atomic E-state index is -3.72. The number of ether oxygens (including phenoxy) is 1. The zero-order valence-electron chi connectivity index (χ0n) is 19.1. The molecule has 0 atom stereocenters. The summed E-state index contributed by atoms with van der Waals surface area (Å²) in [5.74, 6) is 0.474. The highest BCUT2D eigenvalue weighted by atomic mass is 32.2. The number of carbonyl (C=O) groups is 1. The molecule has 0 bridgehead atoms. The third-order valence-electron chi connectivity index (χ3n) is 5.47. The van der Waals surface area contributed by atoms with Crippen molar-refractivity contribution in [1.29, 1.82) is 5.26 Å². The molecule has 2 aromatic carbocycles. The molecule has 0 saturated carbocycles. The van der Waals surface area contributed by atoms with E-state index in [2.05, 4.69) is 11.1 Å². The van der Waals surface area contributed by atoms with Gasteiger partial charge in [0.05, 0.1) is 34.2 Å². The molecule has 174 valence electrons. The van der Waals surface area contributed by atoms with Crippen LogP contribution >= 0.6 is 0 Å². The minimum Gasteiger partial charge on any atom is -0.466 e. The molecule has 0 aliphatic heterocycles. The summed E-state index contributed by atoms with van der Waals surface area (Å²) < 4.78 is 34.6. The van der Waals surface area contributed by atoms with E-state index in [4.69, 9.17) is 10.00 Å². The lowest BCUT2D eigenvalue weighted by atomic mass is 10.1. The van der Waals surface area contributed by atoms with E-state index in [0.29, 0.717) is 37.1 Å². The summed E-state index contributed by atoms with van der Waals surface area (Å²) in [5.41, 5.74) is 3.05. The second-order valence-corrected chi connectivity index (χ2v) is 9.57. The molecule has 33 heavy (non-hydrogen) atoms. The Morgan fingerprint density at radius 1 is 1.18 bits per heavy atom. The number of carbonyl (C=O) groups excluding carboxylic acids is 1. The number of aromatic nitrogens is 2. The number of nitrogens with zero attached hydrogens (tertiary/aromatic N) is 4. The summed E-state index contributed by atoms with van der Waals surface area (Å²) in [6.45, 7) is 4.37. The lowest BCUT2D eigenvalue weighted by Gasteiger charge is -2.20. The normalized spacial score (nSPS) is 11.6. The fourth-order valence-corrected chi connectivity index (χ4v) is 5.17. The zero-order valence-corrected chi connectivity index (χ0v) is 19.9. The number of imidazole rings is 1. The maximum absolute atomic E-state index is 13.2. The van der Waals surface area contributed by atoms with E-state index in [0.717, 1.165) is 16.9 Å². The SMILES string of the molecule is CCOC(=O)CCCN(CC)S(=O)(=O)c1ccc2c(c1)nc(Cc1ccc(C#N)cc1)n2C. The van der Waals surface area contributed by atoms with Gasteiger partial charge in [-0.2, -0.15) is 9.57 Å². The number of fused-ring (bicyclic) bond motifs is 1. The van der Waals surface area contributed by atoms with E-state index >= 15 is 0 Å². The van der Waals surface area contributed by atoms with Crippen LogP contribution in [-0.4, -0.2) is 47.9 Å². The quantitative estimate of drug-likeness (QED) is 0.422. The summed E-state index contributed by atoms with van der Waals surface area (Å²) in [6, 6.07) is 14.4. The van der Waals surface area contributed by atoms with E-state index in [1.165, 1.54) is 4.31 Å². The van der Waals surface area contributed by atoms with Crippen molar-refractivity contribution in [3.63, 3.8) is 0 Å². The van der Waals surface area contributed by atoms with E-state index in [1.54, 1.807) is 44.2 Å². The smallest absolute Gasteiger partial charge is 0.305 e. The lowest BCUT2D eigenvalue weighted by molar-refractivity contribution is -0.143. The second kappa shape index (κ2) is 10.6. The van der Waals surface area contributed by atoms with Gasteiger partial charge in [-0.15, -0.1) is 0 Å².